The van der Waals surface area contributed by atoms with E-state index in [0.717, 1.165) is 31.9 Å². The van der Waals surface area contributed by atoms with Crippen LogP contribution in [0.25, 0.3) is 0 Å². The highest BCUT2D eigenvalue weighted by molar-refractivity contribution is 5.78. The highest BCUT2D eigenvalue weighted by Gasteiger charge is 2.22. The molecule has 2 aromatic carbocycles. The first kappa shape index (κ1) is 18.1. The SMILES string of the molecule is COc1ccc(OCC(=O)N2CCN(c3cccc(C)c3C)CC2)cc1. The Kier molecular flexibility index (Phi) is 5.66. The monoisotopic (exact) mass is 354 g/mol. The number of carbonyl (C=O) groups excluding carboxylic acids is 1. The number of benzene rings is 2. The number of carbonyl (C=O) groups is 1. The predicted molar refractivity (Wildman–Crippen MR) is 103 cm³/mol. The Labute approximate surface area is 155 Å². The maximum absolute atomic E-state index is 12.4. The van der Waals surface area contributed by atoms with Crippen LogP contribution in [-0.2, 0) is 4.79 Å². The molecule has 0 bridgehead atoms. The summed E-state index contributed by atoms with van der Waals surface area (Å²) in [5, 5.41) is 0. The molecule has 0 spiro atoms. The summed E-state index contributed by atoms with van der Waals surface area (Å²) in [7, 11) is 1.62. The van der Waals surface area contributed by atoms with Crippen LogP contribution in [0, 0.1) is 13.8 Å². The van der Waals surface area contributed by atoms with Crippen LogP contribution >= 0.6 is 0 Å². The van der Waals surface area contributed by atoms with E-state index in [9.17, 15) is 4.79 Å². The van der Waals surface area contributed by atoms with E-state index >= 15 is 0 Å². The maximum Gasteiger partial charge on any atom is 0.260 e. The third-order valence-corrected chi connectivity index (χ3v) is 4.97. The van der Waals surface area contributed by atoms with E-state index in [0.29, 0.717) is 5.75 Å². The molecule has 26 heavy (non-hydrogen) atoms. The third-order valence-electron chi connectivity index (χ3n) is 4.97. The first-order valence-electron chi connectivity index (χ1n) is 8.94. The van der Waals surface area contributed by atoms with E-state index in [2.05, 4.69) is 36.9 Å². The molecule has 0 unspecified atom stereocenters. The molecule has 1 saturated heterocycles. The van der Waals surface area contributed by atoms with Gasteiger partial charge in [0.1, 0.15) is 11.5 Å². The van der Waals surface area contributed by atoms with Gasteiger partial charge in [0.25, 0.3) is 5.91 Å². The van der Waals surface area contributed by atoms with Gasteiger partial charge in [-0.25, -0.2) is 0 Å². The van der Waals surface area contributed by atoms with Crippen molar-refractivity contribution in [2.24, 2.45) is 0 Å². The number of anilines is 1. The van der Waals surface area contributed by atoms with E-state index in [1.165, 1.54) is 16.8 Å². The van der Waals surface area contributed by atoms with E-state index in [1.807, 2.05) is 29.2 Å². The first-order chi connectivity index (χ1) is 12.6. The summed E-state index contributed by atoms with van der Waals surface area (Å²) < 4.78 is 10.7. The molecular weight excluding hydrogens is 328 g/mol. The van der Waals surface area contributed by atoms with Crippen molar-refractivity contribution < 1.29 is 14.3 Å². The van der Waals surface area contributed by atoms with Crippen LogP contribution in [0.2, 0.25) is 0 Å². The number of hydrogen-bond donors (Lipinski definition) is 0. The van der Waals surface area contributed by atoms with Crippen molar-refractivity contribution in [2.75, 3.05) is 44.8 Å². The van der Waals surface area contributed by atoms with Gasteiger partial charge in [-0.1, -0.05) is 12.1 Å². The minimum Gasteiger partial charge on any atom is -0.497 e. The molecule has 3 rings (SSSR count). The molecule has 1 fully saturated rings. The van der Waals surface area contributed by atoms with Gasteiger partial charge in [-0.15, -0.1) is 0 Å². The Bertz CT molecular complexity index is 750. The summed E-state index contributed by atoms with van der Waals surface area (Å²) in [6.45, 7) is 7.49. The number of ether oxygens (including phenoxy) is 2. The minimum absolute atomic E-state index is 0.0291. The number of nitrogens with zero attached hydrogens (tertiary/aromatic N) is 2. The van der Waals surface area contributed by atoms with Gasteiger partial charge in [0.2, 0.25) is 0 Å². The summed E-state index contributed by atoms with van der Waals surface area (Å²) in [5.74, 6) is 1.47. The van der Waals surface area contributed by atoms with Crippen LogP contribution < -0.4 is 14.4 Å². The minimum atomic E-state index is 0.0291. The quantitative estimate of drug-likeness (QED) is 0.828. The van der Waals surface area contributed by atoms with Crippen LogP contribution in [0.1, 0.15) is 11.1 Å². The topological polar surface area (TPSA) is 42.0 Å². The molecule has 2 aromatic rings. The molecule has 0 saturated carbocycles. The zero-order valence-corrected chi connectivity index (χ0v) is 15.7. The van der Waals surface area contributed by atoms with Crippen LogP contribution in [0.3, 0.4) is 0 Å². The van der Waals surface area contributed by atoms with E-state index in [1.54, 1.807) is 7.11 Å². The van der Waals surface area contributed by atoms with Crippen molar-refractivity contribution in [2.45, 2.75) is 13.8 Å². The fourth-order valence-corrected chi connectivity index (χ4v) is 3.18. The molecule has 138 valence electrons. The molecule has 1 heterocycles. The second-order valence-electron chi connectivity index (χ2n) is 6.55. The van der Waals surface area contributed by atoms with Gasteiger partial charge in [-0.05, 0) is 55.3 Å². The standard InChI is InChI=1S/C21H26N2O3/c1-16-5-4-6-20(17(16)2)22-11-13-23(14-12-22)21(24)15-26-19-9-7-18(25-3)8-10-19/h4-10H,11-15H2,1-3H3. The number of aryl methyl sites for hydroxylation is 1. The van der Waals surface area contributed by atoms with Crippen LogP contribution in [0.5, 0.6) is 11.5 Å². The predicted octanol–water partition coefficient (Wildman–Crippen LogP) is 3.04. The highest BCUT2D eigenvalue weighted by atomic mass is 16.5. The van der Waals surface area contributed by atoms with E-state index in [-0.39, 0.29) is 12.5 Å². The van der Waals surface area contributed by atoms with Gasteiger partial charge in [0.15, 0.2) is 6.61 Å². The van der Waals surface area contributed by atoms with Crippen LogP contribution in [0.15, 0.2) is 42.5 Å². The second kappa shape index (κ2) is 8.13. The Balaban J connectivity index is 1.51. The highest BCUT2D eigenvalue weighted by Crippen LogP contribution is 2.24. The van der Waals surface area contributed by atoms with Gasteiger partial charge in [-0.2, -0.15) is 0 Å². The Morgan fingerprint density at radius 2 is 1.62 bits per heavy atom. The van der Waals surface area contributed by atoms with Gasteiger partial charge in [0, 0.05) is 31.9 Å². The van der Waals surface area contributed by atoms with Crippen LogP contribution in [0.4, 0.5) is 5.69 Å². The molecule has 1 aliphatic rings. The summed E-state index contributed by atoms with van der Waals surface area (Å²) in [6, 6.07) is 13.7. The lowest BCUT2D eigenvalue weighted by Crippen LogP contribution is -2.50. The van der Waals surface area contributed by atoms with E-state index < -0.39 is 0 Å². The van der Waals surface area contributed by atoms with Gasteiger partial charge < -0.3 is 19.3 Å². The molecule has 0 N–H and O–H groups in total. The zero-order chi connectivity index (χ0) is 18.5. The molecule has 0 aliphatic carbocycles. The lowest BCUT2D eigenvalue weighted by Gasteiger charge is -2.37. The maximum atomic E-state index is 12.4. The average molecular weight is 354 g/mol. The fourth-order valence-electron chi connectivity index (χ4n) is 3.18. The first-order valence-corrected chi connectivity index (χ1v) is 8.94. The largest absolute Gasteiger partial charge is 0.497 e. The van der Waals surface area contributed by atoms with Gasteiger partial charge in [0.05, 0.1) is 7.11 Å². The van der Waals surface area contributed by atoms with Crippen molar-refractivity contribution >= 4 is 11.6 Å². The van der Waals surface area contributed by atoms with Crippen molar-refractivity contribution in [3.8, 4) is 11.5 Å². The Morgan fingerprint density at radius 3 is 2.27 bits per heavy atom. The second-order valence-corrected chi connectivity index (χ2v) is 6.55. The molecule has 5 nitrogen and oxygen atoms in total. The molecule has 0 aromatic heterocycles. The number of amides is 1. The fraction of sp³-hybridized carbons (Fsp3) is 0.381. The van der Waals surface area contributed by atoms with Crippen molar-refractivity contribution in [3.63, 3.8) is 0 Å². The molecule has 1 aliphatic heterocycles. The third kappa shape index (κ3) is 4.10. The number of hydrogen-bond acceptors (Lipinski definition) is 4. The lowest BCUT2D eigenvalue weighted by molar-refractivity contribution is -0.133. The van der Waals surface area contributed by atoms with Crippen molar-refractivity contribution in [1.82, 2.24) is 4.90 Å². The lowest BCUT2D eigenvalue weighted by atomic mass is 10.1. The summed E-state index contributed by atoms with van der Waals surface area (Å²) in [5.41, 5.74) is 3.88. The van der Waals surface area contributed by atoms with E-state index in [4.69, 9.17) is 9.47 Å². The van der Waals surface area contributed by atoms with Gasteiger partial charge in [-0.3, -0.25) is 4.79 Å². The summed E-state index contributed by atoms with van der Waals surface area (Å²) in [6.07, 6.45) is 0. The Hall–Kier alpha value is -2.69. The number of piperazine rings is 1. The van der Waals surface area contributed by atoms with Crippen molar-refractivity contribution in [3.05, 3.63) is 53.6 Å². The smallest absolute Gasteiger partial charge is 0.260 e. The molecular formula is C21H26N2O3. The number of methoxy groups -OCH3 is 1. The van der Waals surface area contributed by atoms with Gasteiger partial charge >= 0.3 is 0 Å². The molecule has 5 heteroatoms. The normalized spacial score (nSPS) is 14.3. The Morgan fingerprint density at radius 1 is 0.962 bits per heavy atom. The molecule has 0 atom stereocenters. The summed E-state index contributed by atoms with van der Waals surface area (Å²) >= 11 is 0. The molecule has 0 radical (unpaired) electrons. The number of rotatable bonds is 5. The summed E-state index contributed by atoms with van der Waals surface area (Å²) in [4.78, 5) is 16.7. The molecule has 1 amide bonds. The van der Waals surface area contributed by atoms with Crippen molar-refractivity contribution in [1.29, 1.82) is 0 Å². The average Bonchev–Trinajstić information content (AvgIpc) is 2.69. The zero-order valence-electron chi connectivity index (χ0n) is 15.7. The van der Waals surface area contributed by atoms with Crippen LogP contribution in [-0.4, -0.2) is 50.7 Å².